The van der Waals surface area contributed by atoms with Gasteiger partial charge in [0.15, 0.2) is 0 Å². The van der Waals surface area contributed by atoms with E-state index in [-0.39, 0.29) is 17.8 Å². The maximum atomic E-state index is 14.5. The quantitative estimate of drug-likeness (QED) is 0.710. The number of rotatable bonds is 6. The van der Waals surface area contributed by atoms with Crippen molar-refractivity contribution in [3.8, 4) is 17.2 Å². The number of methoxy groups -OCH3 is 1. The summed E-state index contributed by atoms with van der Waals surface area (Å²) in [5, 5.41) is 9.85. The van der Waals surface area contributed by atoms with Crippen LogP contribution in [0.3, 0.4) is 0 Å². The molecule has 4 rings (SSSR count). The lowest BCUT2D eigenvalue weighted by Gasteiger charge is -2.41. The van der Waals surface area contributed by atoms with Gasteiger partial charge in [-0.25, -0.2) is 9.37 Å². The summed E-state index contributed by atoms with van der Waals surface area (Å²) in [4.78, 5) is 21.3. The molecular weight excluding hydrogens is 395 g/mol. The van der Waals surface area contributed by atoms with Crippen molar-refractivity contribution in [2.24, 2.45) is 0 Å². The third kappa shape index (κ3) is 4.40. The Labute approximate surface area is 182 Å². The molecule has 2 heterocycles. The number of pyridine rings is 1. The van der Waals surface area contributed by atoms with Crippen molar-refractivity contribution in [2.45, 2.75) is 38.1 Å². The highest BCUT2D eigenvalue weighted by Crippen LogP contribution is 2.45. The van der Waals surface area contributed by atoms with E-state index in [0.29, 0.717) is 61.1 Å². The first-order chi connectivity index (χ1) is 15.0. The zero-order valence-corrected chi connectivity index (χ0v) is 18.0. The van der Waals surface area contributed by atoms with Gasteiger partial charge in [0, 0.05) is 49.8 Å². The van der Waals surface area contributed by atoms with Gasteiger partial charge >= 0.3 is 0 Å². The van der Waals surface area contributed by atoms with Crippen LogP contribution in [0.15, 0.2) is 30.3 Å². The molecule has 1 saturated carbocycles. The van der Waals surface area contributed by atoms with Crippen LogP contribution in [0.25, 0.3) is 11.1 Å². The van der Waals surface area contributed by atoms with Crippen LogP contribution in [0.5, 0.6) is 0 Å². The molecule has 1 aliphatic heterocycles. The molecule has 0 N–H and O–H groups in total. The number of piperazine rings is 1. The van der Waals surface area contributed by atoms with Gasteiger partial charge in [-0.15, -0.1) is 0 Å². The first-order valence-corrected chi connectivity index (χ1v) is 10.8. The lowest BCUT2D eigenvalue weighted by molar-refractivity contribution is -0.134. The molecule has 1 amide bonds. The van der Waals surface area contributed by atoms with Crippen LogP contribution >= 0.6 is 0 Å². The second-order valence-corrected chi connectivity index (χ2v) is 8.28. The van der Waals surface area contributed by atoms with Crippen molar-refractivity contribution in [1.29, 1.82) is 5.26 Å². The number of anilines is 1. The predicted molar refractivity (Wildman–Crippen MR) is 116 cm³/mol. The van der Waals surface area contributed by atoms with Crippen molar-refractivity contribution in [3.63, 3.8) is 0 Å². The van der Waals surface area contributed by atoms with Gasteiger partial charge in [0.05, 0.1) is 24.3 Å². The van der Waals surface area contributed by atoms with E-state index in [1.54, 1.807) is 31.4 Å². The first-order valence-electron chi connectivity index (χ1n) is 10.8. The summed E-state index contributed by atoms with van der Waals surface area (Å²) < 4.78 is 19.5. The lowest BCUT2D eigenvalue weighted by Crippen LogP contribution is -2.54. The topological polar surface area (TPSA) is 69.5 Å². The fourth-order valence-corrected chi connectivity index (χ4v) is 4.26. The molecule has 6 nitrogen and oxygen atoms in total. The molecule has 1 aliphatic carbocycles. The molecule has 1 aromatic heterocycles. The summed E-state index contributed by atoms with van der Waals surface area (Å²) >= 11 is 0. The molecule has 0 spiro atoms. The lowest BCUT2D eigenvalue weighted by atomic mass is 9.98. The molecule has 2 aromatic rings. The number of carbonyl (C=O) groups excluding carboxylic acids is 1. The summed E-state index contributed by atoms with van der Waals surface area (Å²) in [5.74, 6) is 0.714. The van der Waals surface area contributed by atoms with E-state index in [0.717, 1.165) is 18.5 Å². The zero-order chi connectivity index (χ0) is 22.0. The fraction of sp³-hybridized carbons (Fsp3) is 0.458. The van der Waals surface area contributed by atoms with Crippen molar-refractivity contribution in [3.05, 3.63) is 47.4 Å². The molecule has 0 unspecified atom stereocenters. The van der Waals surface area contributed by atoms with Crippen LogP contribution < -0.4 is 4.90 Å². The Morgan fingerprint density at radius 2 is 2.06 bits per heavy atom. The fourth-order valence-electron chi connectivity index (χ4n) is 4.26. The highest BCUT2D eigenvalue weighted by molar-refractivity contribution is 5.77. The number of halogens is 1. The second-order valence-electron chi connectivity index (χ2n) is 8.28. The Morgan fingerprint density at radius 3 is 2.71 bits per heavy atom. The zero-order valence-electron chi connectivity index (χ0n) is 18.0. The van der Waals surface area contributed by atoms with Gasteiger partial charge in [0.2, 0.25) is 5.91 Å². The van der Waals surface area contributed by atoms with E-state index < -0.39 is 0 Å². The molecule has 2 fully saturated rings. The summed E-state index contributed by atoms with van der Waals surface area (Å²) in [5.41, 5.74) is 2.50. The van der Waals surface area contributed by atoms with Crippen molar-refractivity contribution in [1.82, 2.24) is 9.88 Å². The standard InChI is InChI=1S/C24H27FN4O2/c1-16-15-28(10-11-29(16)22(30)9-12-31-2)24-18(14-26)13-20(23(27-24)17-7-8-17)19-5-3-4-6-21(19)25/h3-6,13,16-17H,7-12,15H2,1-2H3/t16-/m1/s1. The number of benzene rings is 1. The van der Waals surface area contributed by atoms with Gasteiger partial charge < -0.3 is 14.5 Å². The minimum Gasteiger partial charge on any atom is -0.384 e. The van der Waals surface area contributed by atoms with E-state index in [1.165, 1.54) is 6.07 Å². The maximum absolute atomic E-state index is 14.5. The van der Waals surface area contributed by atoms with Crippen LogP contribution in [0.1, 0.15) is 43.4 Å². The van der Waals surface area contributed by atoms with Crippen LogP contribution in [0, 0.1) is 17.1 Å². The predicted octanol–water partition coefficient (Wildman–Crippen LogP) is 3.71. The maximum Gasteiger partial charge on any atom is 0.225 e. The molecule has 1 aromatic carbocycles. The monoisotopic (exact) mass is 422 g/mol. The van der Waals surface area contributed by atoms with E-state index in [4.69, 9.17) is 9.72 Å². The van der Waals surface area contributed by atoms with Crippen molar-refractivity contribution >= 4 is 11.7 Å². The minimum absolute atomic E-state index is 0.00192. The van der Waals surface area contributed by atoms with Crippen LogP contribution in [0.2, 0.25) is 0 Å². The van der Waals surface area contributed by atoms with Crippen LogP contribution in [-0.4, -0.2) is 55.2 Å². The SMILES string of the molecule is COCCC(=O)N1CCN(c2nc(C3CC3)c(-c3ccccc3F)cc2C#N)C[C@H]1C. The highest BCUT2D eigenvalue weighted by atomic mass is 19.1. The smallest absolute Gasteiger partial charge is 0.225 e. The third-order valence-electron chi connectivity index (χ3n) is 6.05. The Bertz CT molecular complexity index is 1020. The second kappa shape index (κ2) is 9.03. The number of carbonyl (C=O) groups is 1. The number of nitrogens with zero attached hydrogens (tertiary/aromatic N) is 4. The van der Waals surface area contributed by atoms with Gasteiger partial charge in [-0.2, -0.15) is 5.26 Å². The number of ether oxygens (including phenoxy) is 1. The Morgan fingerprint density at radius 1 is 1.29 bits per heavy atom. The average molecular weight is 423 g/mol. The molecule has 0 radical (unpaired) electrons. The molecular formula is C24H27FN4O2. The number of hydrogen-bond donors (Lipinski definition) is 0. The van der Waals surface area contributed by atoms with E-state index in [9.17, 15) is 14.4 Å². The largest absolute Gasteiger partial charge is 0.384 e. The van der Waals surface area contributed by atoms with Gasteiger partial charge in [0.1, 0.15) is 17.7 Å². The highest BCUT2D eigenvalue weighted by Gasteiger charge is 2.33. The normalized spacial score (nSPS) is 18.7. The first kappa shape index (κ1) is 21.3. The van der Waals surface area contributed by atoms with E-state index in [2.05, 4.69) is 11.0 Å². The van der Waals surface area contributed by atoms with E-state index >= 15 is 0 Å². The Hall–Kier alpha value is -2.98. The van der Waals surface area contributed by atoms with Gasteiger partial charge in [-0.1, -0.05) is 18.2 Å². The average Bonchev–Trinajstić information content (AvgIpc) is 3.62. The number of nitriles is 1. The van der Waals surface area contributed by atoms with E-state index in [1.807, 2.05) is 11.8 Å². The van der Waals surface area contributed by atoms with Crippen molar-refractivity contribution < 1.29 is 13.9 Å². The van der Waals surface area contributed by atoms with Gasteiger partial charge in [0.25, 0.3) is 0 Å². The Kier molecular flexibility index (Phi) is 6.19. The number of hydrogen-bond acceptors (Lipinski definition) is 5. The molecule has 7 heteroatoms. The summed E-state index contributed by atoms with van der Waals surface area (Å²) in [6.45, 7) is 4.20. The van der Waals surface area contributed by atoms with Gasteiger partial charge in [-0.3, -0.25) is 4.79 Å². The minimum atomic E-state index is -0.306. The van der Waals surface area contributed by atoms with Crippen molar-refractivity contribution in [2.75, 3.05) is 38.3 Å². The molecule has 1 atom stereocenters. The Balaban J connectivity index is 1.64. The molecule has 162 valence electrons. The number of aromatic nitrogens is 1. The summed E-state index contributed by atoms with van der Waals surface area (Å²) in [6.07, 6.45) is 2.42. The van der Waals surface area contributed by atoms with Gasteiger partial charge in [-0.05, 0) is 31.9 Å². The third-order valence-corrected chi connectivity index (χ3v) is 6.05. The molecule has 2 aliphatic rings. The summed E-state index contributed by atoms with van der Waals surface area (Å²) in [6, 6.07) is 10.7. The molecule has 31 heavy (non-hydrogen) atoms. The molecule has 0 bridgehead atoms. The van der Waals surface area contributed by atoms with Crippen LogP contribution in [0.4, 0.5) is 10.2 Å². The number of amides is 1. The van der Waals surface area contributed by atoms with Crippen LogP contribution in [-0.2, 0) is 9.53 Å². The molecule has 1 saturated heterocycles. The summed E-state index contributed by atoms with van der Waals surface area (Å²) in [7, 11) is 1.59.